The molecule has 0 radical (unpaired) electrons. The van der Waals surface area contributed by atoms with E-state index in [-0.39, 0.29) is 4.90 Å². The molecule has 0 aliphatic rings. The highest BCUT2D eigenvalue weighted by molar-refractivity contribution is 7.89. The molecule has 134 valence electrons. The number of ether oxygens (including phenoxy) is 2. The highest BCUT2D eigenvalue weighted by Crippen LogP contribution is 2.29. The molecule has 9 heteroatoms. The molecule has 2 aromatic rings. The van der Waals surface area contributed by atoms with Gasteiger partial charge in [0.2, 0.25) is 10.0 Å². The summed E-state index contributed by atoms with van der Waals surface area (Å²) in [5, 5.41) is 6.37. The van der Waals surface area contributed by atoms with Crippen molar-refractivity contribution in [3.05, 3.63) is 42.5 Å². The van der Waals surface area contributed by atoms with Gasteiger partial charge in [0.15, 0.2) is 16.6 Å². The molecule has 0 spiro atoms. The van der Waals surface area contributed by atoms with Gasteiger partial charge in [-0.3, -0.25) is 0 Å². The second kappa shape index (κ2) is 8.15. The van der Waals surface area contributed by atoms with E-state index in [1.54, 1.807) is 44.6 Å². The molecule has 0 saturated carbocycles. The summed E-state index contributed by atoms with van der Waals surface area (Å²) >= 11 is 5.26. The summed E-state index contributed by atoms with van der Waals surface area (Å²) in [6.07, 6.45) is 0. The second-order valence-electron chi connectivity index (χ2n) is 4.88. The number of nitrogens with one attached hydrogen (secondary N) is 3. The summed E-state index contributed by atoms with van der Waals surface area (Å²) in [6.45, 7) is 0. The fourth-order valence-corrected chi connectivity index (χ4v) is 3.01. The van der Waals surface area contributed by atoms with Crippen LogP contribution in [0.15, 0.2) is 47.4 Å². The molecule has 3 N–H and O–H groups in total. The number of thiocarbonyl (C=S) groups is 1. The minimum absolute atomic E-state index is 0.180. The summed E-state index contributed by atoms with van der Waals surface area (Å²) in [5.74, 6) is 1.20. The summed E-state index contributed by atoms with van der Waals surface area (Å²) in [7, 11) is 1.03. The molecular formula is C16H19N3O4S2. The maximum absolute atomic E-state index is 11.7. The third-order valence-electron chi connectivity index (χ3n) is 3.33. The molecule has 0 amide bonds. The predicted molar refractivity (Wildman–Crippen MR) is 102 cm³/mol. The molecule has 0 aromatic heterocycles. The van der Waals surface area contributed by atoms with Crippen molar-refractivity contribution in [2.24, 2.45) is 0 Å². The molecule has 2 rings (SSSR count). The lowest BCUT2D eigenvalue weighted by atomic mass is 10.2. The van der Waals surface area contributed by atoms with Gasteiger partial charge < -0.3 is 20.1 Å². The number of benzene rings is 2. The van der Waals surface area contributed by atoms with Crippen LogP contribution in [0.2, 0.25) is 0 Å². The van der Waals surface area contributed by atoms with Crippen molar-refractivity contribution >= 4 is 38.7 Å². The predicted octanol–water partition coefficient (Wildman–Crippen LogP) is 2.42. The van der Waals surface area contributed by atoms with Crippen LogP contribution in [0.3, 0.4) is 0 Å². The van der Waals surface area contributed by atoms with Crippen LogP contribution in [0.1, 0.15) is 0 Å². The van der Waals surface area contributed by atoms with E-state index in [4.69, 9.17) is 21.7 Å². The smallest absolute Gasteiger partial charge is 0.240 e. The average molecular weight is 381 g/mol. The average Bonchev–Trinajstić information content (AvgIpc) is 2.62. The first kappa shape index (κ1) is 19.0. The normalized spacial score (nSPS) is 10.8. The zero-order valence-corrected chi connectivity index (χ0v) is 15.6. The van der Waals surface area contributed by atoms with Gasteiger partial charge in [0.1, 0.15) is 0 Å². The Labute approximate surface area is 152 Å². The zero-order chi connectivity index (χ0) is 18.4. The number of hydrogen-bond acceptors (Lipinski definition) is 5. The SMILES string of the molecule is CNS(=O)(=O)c1ccc(NC(=S)Nc2ccc(OC)c(OC)c2)cc1. The van der Waals surface area contributed by atoms with Crippen molar-refractivity contribution in [2.45, 2.75) is 4.90 Å². The van der Waals surface area contributed by atoms with Crippen molar-refractivity contribution in [2.75, 3.05) is 31.9 Å². The van der Waals surface area contributed by atoms with Gasteiger partial charge in [-0.1, -0.05) is 0 Å². The summed E-state index contributed by atoms with van der Waals surface area (Å²) < 4.78 is 36.1. The van der Waals surface area contributed by atoms with Gasteiger partial charge in [-0.15, -0.1) is 0 Å². The Hall–Kier alpha value is -2.36. The quantitative estimate of drug-likeness (QED) is 0.662. The van der Waals surface area contributed by atoms with Crippen LogP contribution in [0.5, 0.6) is 11.5 Å². The van der Waals surface area contributed by atoms with Crippen LogP contribution in [-0.2, 0) is 10.0 Å². The van der Waals surface area contributed by atoms with E-state index in [1.165, 1.54) is 19.2 Å². The monoisotopic (exact) mass is 381 g/mol. The van der Waals surface area contributed by atoms with Crippen LogP contribution < -0.4 is 24.8 Å². The molecule has 25 heavy (non-hydrogen) atoms. The van der Waals surface area contributed by atoms with Gasteiger partial charge >= 0.3 is 0 Å². The first-order valence-electron chi connectivity index (χ1n) is 7.23. The Morgan fingerprint density at radius 2 is 1.48 bits per heavy atom. The molecule has 7 nitrogen and oxygen atoms in total. The van der Waals surface area contributed by atoms with Crippen LogP contribution >= 0.6 is 12.2 Å². The maximum atomic E-state index is 11.7. The fraction of sp³-hybridized carbons (Fsp3) is 0.188. The second-order valence-corrected chi connectivity index (χ2v) is 7.18. The maximum Gasteiger partial charge on any atom is 0.240 e. The fourth-order valence-electron chi connectivity index (χ4n) is 2.04. The van der Waals surface area contributed by atoms with E-state index < -0.39 is 10.0 Å². The summed E-state index contributed by atoms with van der Waals surface area (Å²) in [5.41, 5.74) is 1.39. The lowest BCUT2D eigenvalue weighted by Gasteiger charge is -2.13. The molecule has 0 atom stereocenters. The number of hydrogen-bond donors (Lipinski definition) is 3. The van der Waals surface area contributed by atoms with Gasteiger partial charge in [0, 0.05) is 17.4 Å². The van der Waals surface area contributed by atoms with Gasteiger partial charge in [-0.2, -0.15) is 0 Å². The zero-order valence-electron chi connectivity index (χ0n) is 14.0. The van der Waals surface area contributed by atoms with Gasteiger partial charge in [0.05, 0.1) is 19.1 Å². The molecule has 0 heterocycles. The Kier molecular flexibility index (Phi) is 6.18. The Morgan fingerprint density at radius 1 is 0.920 bits per heavy atom. The Morgan fingerprint density at radius 3 is 2.04 bits per heavy atom. The molecule has 2 aromatic carbocycles. The van der Waals surface area contributed by atoms with Crippen molar-refractivity contribution in [3.63, 3.8) is 0 Å². The number of sulfonamides is 1. The molecule has 0 fully saturated rings. The Balaban J connectivity index is 2.05. The molecule has 0 unspecified atom stereocenters. The first-order chi connectivity index (χ1) is 11.9. The largest absolute Gasteiger partial charge is 0.493 e. The van der Waals surface area contributed by atoms with Crippen LogP contribution in [-0.4, -0.2) is 34.8 Å². The van der Waals surface area contributed by atoms with E-state index in [9.17, 15) is 8.42 Å². The van der Waals surface area contributed by atoms with E-state index in [0.717, 1.165) is 5.69 Å². The summed E-state index contributed by atoms with van der Waals surface area (Å²) in [4.78, 5) is 0.180. The van der Waals surface area contributed by atoms with E-state index in [1.807, 2.05) is 0 Å². The molecular weight excluding hydrogens is 362 g/mol. The van der Waals surface area contributed by atoms with Crippen LogP contribution in [0.25, 0.3) is 0 Å². The Bertz CT molecular complexity index is 852. The van der Waals surface area contributed by atoms with Crippen molar-refractivity contribution in [3.8, 4) is 11.5 Å². The highest BCUT2D eigenvalue weighted by atomic mass is 32.2. The third kappa shape index (κ3) is 4.81. The highest BCUT2D eigenvalue weighted by Gasteiger charge is 2.11. The summed E-state index contributed by atoms with van der Waals surface area (Å²) in [6, 6.07) is 11.6. The van der Waals surface area contributed by atoms with Gasteiger partial charge in [-0.05, 0) is 55.7 Å². The van der Waals surface area contributed by atoms with Gasteiger partial charge in [0.25, 0.3) is 0 Å². The topological polar surface area (TPSA) is 88.7 Å². The molecule has 0 aliphatic carbocycles. The lowest BCUT2D eigenvalue weighted by molar-refractivity contribution is 0.355. The van der Waals surface area contributed by atoms with Crippen molar-refractivity contribution in [1.29, 1.82) is 0 Å². The number of anilines is 2. The minimum atomic E-state index is -3.46. The standard InChI is InChI=1S/C16H19N3O4S2/c1-17-25(20,21)13-7-4-11(5-8-13)18-16(24)19-12-6-9-14(22-2)15(10-12)23-3/h4-10,17H,1-3H3,(H2,18,19,24). The lowest BCUT2D eigenvalue weighted by Crippen LogP contribution is -2.20. The van der Waals surface area contributed by atoms with E-state index in [2.05, 4.69) is 15.4 Å². The van der Waals surface area contributed by atoms with Crippen LogP contribution in [0, 0.1) is 0 Å². The first-order valence-corrected chi connectivity index (χ1v) is 9.12. The number of rotatable bonds is 6. The van der Waals surface area contributed by atoms with Crippen molar-refractivity contribution in [1.82, 2.24) is 4.72 Å². The van der Waals surface area contributed by atoms with E-state index in [0.29, 0.717) is 22.3 Å². The van der Waals surface area contributed by atoms with Crippen molar-refractivity contribution < 1.29 is 17.9 Å². The van der Waals surface area contributed by atoms with Gasteiger partial charge in [-0.25, -0.2) is 13.1 Å². The molecule has 0 aliphatic heterocycles. The molecule has 0 saturated heterocycles. The molecule has 0 bridgehead atoms. The van der Waals surface area contributed by atoms with Crippen LogP contribution in [0.4, 0.5) is 11.4 Å². The van der Waals surface area contributed by atoms with E-state index >= 15 is 0 Å². The third-order valence-corrected chi connectivity index (χ3v) is 4.97. The minimum Gasteiger partial charge on any atom is -0.493 e. The number of methoxy groups -OCH3 is 2.